The number of hydrogen-bond acceptors (Lipinski definition) is 4. The zero-order chi connectivity index (χ0) is 14.4. The van der Waals surface area contributed by atoms with Crippen molar-refractivity contribution in [1.29, 1.82) is 0 Å². The summed E-state index contributed by atoms with van der Waals surface area (Å²) >= 11 is 0. The topological polar surface area (TPSA) is 75.9 Å². The highest BCUT2D eigenvalue weighted by molar-refractivity contribution is 5.80. The Balaban J connectivity index is 0.000000156. The molecule has 3 aromatic rings. The monoisotopic (exact) mass is 273 g/mol. The number of nitrogens with zero attached hydrogens (tertiary/aromatic N) is 4. The maximum atomic E-state index is 10.2. The first kappa shape index (κ1) is 14.2. The summed E-state index contributed by atoms with van der Waals surface area (Å²) in [5.41, 5.74) is 2.61. The number of ketones is 1. The van der Waals surface area contributed by atoms with Gasteiger partial charge in [0.05, 0.1) is 11.7 Å². The van der Waals surface area contributed by atoms with E-state index in [1.807, 2.05) is 30.5 Å². The molecule has 0 spiro atoms. The Morgan fingerprint density at radius 3 is 2.65 bits per heavy atom. The third-order valence-electron chi connectivity index (χ3n) is 3.01. The number of H-pyrrole nitrogens is 1. The van der Waals surface area contributed by atoms with E-state index in [4.69, 9.17) is 0 Å². The number of carbonyl (C=O) groups is 1. The second-order valence-corrected chi connectivity index (χ2v) is 4.27. The molecule has 1 fully saturated rings. The molecule has 0 saturated heterocycles. The van der Waals surface area contributed by atoms with Gasteiger partial charge in [-0.25, -0.2) is 4.98 Å². The van der Waals surface area contributed by atoms with E-state index in [0.717, 1.165) is 42.5 Å². The van der Waals surface area contributed by atoms with Crippen molar-refractivity contribution in [2.24, 2.45) is 0 Å². The van der Waals surface area contributed by atoms with Crippen LogP contribution in [0.15, 0.2) is 24.8 Å². The van der Waals surface area contributed by atoms with Crippen molar-refractivity contribution in [3.63, 3.8) is 0 Å². The van der Waals surface area contributed by atoms with Crippen molar-refractivity contribution >= 4 is 22.6 Å². The lowest BCUT2D eigenvalue weighted by Crippen LogP contribution is -1.86. The molecular formula is C14H19N5O. The van der Waals surface area contributed by atoms with Crippen LogP contribution in [-0.4, -0.2) is 30.3 Å². The van der Waals surface area contributed by atoms with Crippen molar-refractivity contribution in [2.45, 2.75) is 39.5 Å². The summed E-state index contributed by atoms with van der Waals surface area (Å²) < 4.78 is 1.89. The highest BCUT2D eigenvalue weighted by Crippen LogP contribution is 2.11. The number of rotatable bonds is 0. The van der Waals surface area contributed by atoms with E-state index in [1.54, 1.807) is 12.5 Å². The minimum atomic E-state index is 0.454. The van der Waals surface area contributed by atoms with Crippen molar-refractivity contribution in [3.8, 4) is 0 Å². The van der Waals surface area contributed by atoms with Gasteiger partial charge in [0.1, 0.15) is 12.1 Å². The highest BCUT2D eigenvalue weighted by Gasteiger charge is 2.07. The normalized spacial score (nSPS) is 13.8. The molecule has 1 saturated carbocycles. The van der Waals surface area contributed by atoms with Gasteiger partial charge in [0.2, 0.25) is 0 Å². The molecule has 0 aliphatic heterocycles. The molecule has 3 heterocycles. The highest BCUT2D eigenvalue weighted by atomic mass is 16.1. The molecule has 1 aliphatic rings. The summed E-state index contributed by atoms with van der Waals surface area (Å²) in [6, 6.07) is 1.94. The van der Waals surface area contributed by atoms with E-state index in [0.29, 0.717) is 5.78 Å². The first-order chi connectivity index (χ1) is 9.84. The molecule has 4 rings (SSSR count). The standard InChI is InChI=1S/C7H5N5.C5H8O.C2H6/c1-2-8-7-5(1)12-4-10-11-6(12)3-9-7;6-5-3-1-2-4-5;1-2/h1-4,8H;1-4H2;1-2H3. The molecule has 0 bridgehead atoms. The van der Waals surface area contributed by atoms with Gasteiger partial charge in [0.25, 0.3) is 0 Å². The molecular weight excluding hydrogens is 254 g/mol. The number of hydrogen-bond donors (Lipinski definition) is 1. The van der Waals surface area contributed by atoms with Crippen molar-refractivity contribution < 1.29 is 4.79 Å². The zero-order valence-corrected chi connectivity index (χ0v) is 11.8. The first-order valence-corrected chi connectivity index (χ1v) is 6.98. The molecule has 6 heteroatoms. The Morgan fingerprint density at radius 2 is 2.00 bits per heavy atom. The predicted molar refractivity (Wildman–Crippen MR) is 77.5 cm³/mol. The fourth-order valence-electron chi connectivity index (χ4n) is 2.06. The van der Waals surface area contributed by atoms with Gasteiger partial charge >= 0.3 is 0 Å². The second kappa shape index (κ2) is 6.79. The quantitative estimate of drug-likeness (QED) is 0.683. The van der Waals surface area contributed by atoms with E-state index in [-0.39, 0.29) is 0 Å². The van der Waals surface area contributed by atoms with Gasteiger partial charge in [-0.2, -0.15) is 0 Å². The number of carbonyl (C=O) groups excluding carboxylic acids is 1. The van der Waals surface area contributed by atoms with Crippen LogP contribution in [0.1, 0.15) is 39.5 Å². The van der Waals surface area contributed by atoms with Crippen molar-refractivity contribution in [3.05, 3.63) is 24.8 Å². The molecule has 6 nitrogen and oxygen atoms in total. The van der Waals surface area contributed by atoms with E-state index in [2.05, 4.69) is 20.2 Å². The largest absolute Gasteiger partial charge is 0.345 e. The third kappa shape index (κ3) is 3.01. The fourth-order valence-corrected chi connectivity index (χ4v) is 2.06. The Bertz CT molecular complexity index is 627. The minimum Gasteiger partial charge on any atom is -0.345 e. The second-order valence-electron chi connectivity index (χ2n) is 4.27. The van der Waals surface area contributed by atoms with Gasteiger partial charge in [0.15, 0.2) is 11.3 Å². The van der Waals surface area contributed by atoms with Crippen LogP contribution in [0.4, 0.5) is 0 Å². The Hall–Kier alpha value is -2.24. The molecule has 0 amide bonds. The van der Waals surface area contributed by atoms with Gasteiger partial charge in [-0.05, 0) is 18.9 Å². The van der Waals surface area contributed by atoms with E-state index in [9.17, 15) is 4.79 Å². The lowest BCUT2D eigenvalue weighted by atomic mass is 10.4. The SMILES string of the molecule is CC.O=C1CCCC1.c1cc2c(ncc3nncn32)[nH]1. The van der Waals surface area contributed by atoms with Crippen LogP contribution in [0, 0.1) is 0 Å². The number of nitrogens with one attached hydrogen (secondary N) is 1. The number of fused-ring (bicyclic) bond motifs is 3. The number of aromatic nitrogens is 5. The smallest absolute Gasteiger partial charge is 0.179 e. The van der Waals surface area contributed by atoms with Crippen LogP contribution < -0.4 is 0 Å². The van der Waals surface area contributed by atoms with Gasteiger partial charge in [-0.15, -0.1) is 10.2 Å². The summed E-state index contributed by atoms with van der Waals surface area (Å²) in [5, 5.41) is 7.68. The van der Waals surface area contributed by atoms with Crippen LogP contribution in [-0.2, 0) is 4.79 Å². The molecule has 20 heavy (non-hydrogen) atoms. The van der Waals surface area contributed by atoms with E-state index >= 15 is 0 Å². The average molecular weight is 273 g/mol. The maximum absolute atomic E-state index is 10.2. The summed E-state index contributed by atoms with van der Waals surface area (Å²) in [6.07, 6.45) is 9.17. The lowest BCUT2D eigenvalue weighted by molar-refractivity contribution is -0.117. The first-order valence-electron chi connectivity index (χ1n) is 6.98. The Labute approximate surface area is 117 Å². The molecule has 0 aromatic carbocycles. The number of aromatic amines is 1. The molecule has 0 unspecified atom stereocenters. The Morgan fingerprint density at radius 1 is 1.25 bits per heavy atom. The summed E-state index contributed by atoms with van der Waals surface area (Å²) in [6.45, 7) is 4.00. The molecule has 1 N–H and O–H groups in total. The molecule has 0 radical (unpaired) electrons. The van der Waals surface area contributed by atoms with E-state index in [1.165, 1.54) is 0 Å². The maximum Gasteiger partial charge on any atom is 0.179 e. The predicted octanol–water partition coefficient (Wildman–Crippen LogP) is 2.76. The molecule has 106 valence electrons. The van der Waals surface area contributed by atoms with Crippen LogP contribution in [0.5, 0.6) is 0 Å². The lowest BCUT2D eigenvalue weighted by Gasteiger charge is -1.91. The van der Waals surface area contributed by atoms with Crippen molar-refractivity contribution in [2.75, 3.05) is 0 Å². The fraction of sp³-hybridized carbons (Fsp3) is 0.429. The van der Waals surface area contributed by atoms with E-state index < -0.39 is 0 Å². The zero-order valence-electron chi connectivity index (χ0n) is 11.8. The summed E-state index contributed by atoms with van der Waals surface area (Å²) in [5.74, 6) is 0.454. The van der Waals surface area contributed by atoms with Crippen LogP contribution in [0.25, 0.3) is 16.8 Å². The van der Waals surface area contributed by atoms with Crippen LogP contribution in [0.2, 0.25) is 0 Å². The van der Waals surface area contributed by atoms with Gasteiger partial charge in [-0.1, -0.05) is 13.8 Å². The molecule has 1 aliphatic carbocycles. The molecule has 3 aromatic heterocycles. The average Bonchev–Trinajstić information content (AvgIpc) is 3.21. The summed E-state index contributed by atoms with van der Waals surface area (Å²) in [7, 11) is 0. The van der Waals surface area contributed by atoms with Gasteiger partial charge in [0, 0.05) is 19.0 Å². The van der Waals surface area contributed by atoms with Gasteiger partial charge in [-0.3, -0.25) is 9.20 Å². The van der Waals surface area contributed by atoms with Gasteiger partial charge < -0.3 is 4.98 Å². The number of Topliss-reactive ketones (excluding diaryl/α,β-unsaturated/α-hetero) is 1. The van der Waals surface area contributed by atoms with Crippen LogP contribution >= 0.6 is 0 Å². The van der Waals surface area contributed by atoms with Crippen LogP contribution in [0.3, 0.4) is 0 Å². The molecule has 0 atom stereocenters. The summed E-state index contributed by atoms with van der Waals surface area (Å²) in [4.78, 5) is 17.4. The Kier molecular flexibility index (Phi) is 4.81. The van der Waals surface area contributed by atoms with Crippen molar-refractivity contribution in [1.82, 2.24) is 24.6 Å². The minimum absolute atomic E-state index is 0.454. The third-order valence-corrected chi connectivity index (χ3v) is 3.01.